The molecule has 0 aliphatic carbocycles. The number of rotatable bonds is 56. The standard InChI is InChI=1S/C64H111O11P/c1-4-7-10-13-16-19-22-25-28-29-30-31-34-35-38-41-44-47-50-53-62(66)71-57-61(75-64(68)55-52-49-46-43-40-37-33-27-24-21-18-15-12-9-6-3)59-73-76(69,70)72-58-60(56-65)74-63(67)54-51-48-45-42-39-36-32-26-23-20-17-14-11-8-5-2/h9,12,16-21,25-28,32-33,60-61,65H,4-8,10-11,13-15,22-24,29-31,34-59H2,1-3H3,(H,69,70)/b12-9-,19-16-,20-17-,21-18-,28-25-,32-26-,33-27-. The van der Waals surface area contributed by atoms with Gasteiger partial charge in [0, 0.05) is 19.3 Å². The fourth-order valence-electron chi connectivity index (χ4n) is 8.14. The molecule has 12 heteroatoms. The van der Waals surface area contributed by atoms with Gasteiger partial charge in [-0.3, -0.25) is 23.4 Å². The van der Waals surface area contributed by atoms with Crippen molar-refractivity contribution in [3.63, 3.8) is 0 Å². The van der Waals surface area contributed by atoms with Gasteiger partial charge in [-0.1, -0.05) is 215 Å². The molecule has 0 bridgehead atoms. The number of aliphatic hydroxyl groups is 1. The molecule has 0 aliphatic heterocycles. The maximum Gasteiger partial charge on any atom is 0.472 e. The zero-order valence-corrected chi connectivity index (χ0v) is 49.3. The topological polar surface area (TPSA) is 155 Å². The third kappa shape index (κ3) is 55.4. The van der Waals surface area contributed by atoms with Crippen LogP contribution in [-0.2, 0) is 42.2 Å². The number of phosphoric acid groups is 1. The second-order valence-electron chi connectivity index (χ2n) is 20.1. The number of phosphoric ester groups is 1. The lowest BCUT2D eigenvalue weighted by molar-refractivity contribution is -0.161. The summed E-state index contributed by atoms with van der Waals surface area (Å²) in [4.78, 5) is 48.6. The van der Waals surface area contributed by atoms with Crippen molar-refractivity contribution in [3.8, 4) is 0 Å². The normalized spacial score (nSPS) is 13.9. The summed E-state index contributed by atoms with van der Waals surface area (Å²) < 4.78 is 39.6. The van der Waals surface area contributed by atoms with Crippen molar-refractivity contribution in [3.05, 3.63) is 85.1 Å². The monoisotopic (exact) mass is 1090 g/mol. The first-order valence-corrected chi connectivity index (χ1v) is 32.0. The summed E-state index contributed by atoms with van der Waals surface area (Å²) in [6.07, 6.45) is 66.7. The van der Waals surface area contributed by atoms with E-state index in [0.717, 1.165) is 128 Å². The van der Waals surface area contributed by atoms with E-state index in [1.54, 1.807) is 0 Å². The van der Waals surface area contributed by atoms with Gasteiger partial charge in [0.25, 0.3) is 0 Å². The quantitative estimate of drug-likeness (QED) is 0.0197. The third-order valence-electron chi connectivity index (χ3n) is 12.8. The Morgan fingerprint density at radius 2 is 0.684 bits per heavy atom. The van der Waals surface area contributed by atoms with E-state index >= 15 is 0 Å². The van der Waals surface area contributed by atoms with E-state index < -0.39 is 57.8 Å². The lowest BCUT2D eigenvalue weighted by Crippen LogP contribution is -2.30. The summed E-state index contributed by atoms with van der Waals surface area (Å²) in [5, 5.41) is 9.83. The minimum atomic E-state index is -4.76. The van der Waals surface area contributed by atoms with Gasteiger partial charge < -0.3 is 24.2 Å². The van der Waals surface area contributed by atoms with E-state index in [0.29, 0.717) is 19.3 Å². The molecule has 76 heavy (non-hydrogen) atoms. The van der Waals surface area contributed by atoms with Gasteiger partial charge in [-0.2, -0.15) is 0 Å². The molecule has 3 unspecified atom stereocenters. The number of carbonyl (C=O) groups excluding carboxylic acids is 3. The largest absolute Gasteiger partial charge is 0.472 e. The van der Waals surface area contributed by atoms with Gasteiger partial charge >= 0.3 is 25.7 Å². The van der Waals surface area contributed by atoms with Crippen LogP contribution in [0.1, 0.15) is 265 Å². The average molecular weight is 1090 g/mol. The lowest BCUT2D eigenvalue weighted by Gasteiger charge is -2.21. The van der Waals surface area contributed by atoms with Crippen LogP contribution in [0.15, 0.2) is 85.1 Å². The van der Waals surface area contributed by atoms with E-state index in [4.69, 9.17) is 23.3 Å². The average Bonchev–Trinajstić information content (AvgIpc) is 3.41. The van der Waals surface area contributed by atoms with Crippen LogP contribution in [0.25, 0.3) is 0 Å². The molecule has 3 atom stereocenters. The number of hydrogen-bond donors (Lipinski definition) is 2. The van der Waals surface area contributed by atoms with Crippen LogP contribution in [0.2, 0.25) is 0 Å². The van der Waals surface area contributed by atoms with Crippen molar-refractivity contribution in [1.82, 2.24) is 0 Å². The fraction of sp³-hybridized carbons (Fsp3) is 0.734. The Bertz CT molecular complexity index is 1600. The van der Waals surface area contributed by atoms with Crippen LogP contribution in [0.5, 0.6) is 0 Å². The first-order valence-electron chi connectivity index (χ1n) is 30.5. The molecule has 438 valence electrons. The molecular weight excluding hydrogens is 976 g/mol. The summed E-state index contributed by atoms with van der Waals surface area (Å²) in [5.74, 6) is -1.50. The van der Waals surface area contributed by atoms with Crippen LogP contribution in [0, 0.1) is 0 Å². The molecule has 0 aromatic carbocycles. The number of esters is 3. The molecule has 2 N–H and O–H groups in total. The summed E-state index contributed by atoms with van der Waals surface area (Å²) in [7, 11) is -4.76. The Hall–Kier alpha value is -3.34. The van der Waals surface area contributed by atoms with Crippen LogP contribution >= 0.6 is 7.82 Å². The summed E-state index contributed by atoms with van der Waals surface area (Å²) in [6.45, 7) is 4.46. The van der Waals surface area contributed by atoms with Crippen LogP contribution in [0.3, 0.4) is 0 Å². The highest BCUT2D eigenvalue weighted by Crippen LogP contribution is 2.43. The summed E-state index contributed by atoms with van der Waals surface area (Å²) in [5.41, 5.74) is 0. The number of unbranched alkanes of at least 4 members (excludes halogenated alkanes) is 25. The Labute approximate surface area is 464 Å². The van der Waals surface area contributed by atoms with Gasteiger partial charge in [0.1, 0.15) is 12.7 Å². The van der Waals surface area contributed by atoms with E-state index in [1.165, 1.54) is 77.0 Å². The number of aliphatic hydroxyl groups excluding tert-OH is 1. The van der Waals surface area contributed by atoms with Gasteiger partial charge in [-0.25, -0.2) is 4.57 Å². The van der Waals surface area contributed by atoms with Crippen molar-refractivity contribution in [2.75, 3.05) is 26.4 Å². The molecular formula is C64H111O11P. The lowest BCUT2D eigenvalue weighted by atomic mass is 10.1. The molecule has 0 saturated carbocycles. The first-order chi connectivity index (χ1) is 37.2. The van der Waals surface area contributed by atoms with Gasteiger partial charge in [0.05, 0.1) is 19.8 Å². The highest BCUT2D eigenvalue weighted by Gasteiger charge is 2.28. The molecule has 0 rings (SSSR count). The zero-order chi connectivity index (χ0) is 55.5. The van der Waals surface area contributed by atoms with Crippen molar-refractivity contribution in [2.45, 2.75) is 277 Å². The predicted octanol–water partition coefficient (Wildman–Crippen LogP) is 18.3. The summed E-state index contributed by atoms with van der Waals surface area (Å²) >= 11 is 0. The van der Waals surface area contributed by atoms with Crippen LogP contribution < -0.4 is 0 Å². The van der Waals surface area contributed by atoms with Crippen molar-refractivity contribution in [2.24, 2.45) is 0 Å². The van der Waals surface area contributed by atoms with E-state index in [-0.39, 0.29) is 25.9 Å². The highest BCUT2D eigenvalue weighted by atomic mass is 31.2. The van der Waals surface area contributed by atoms with E-state index in [2.05, 4.69) is 106 Å². The van der Waals surface area contributed by atoms with Gasteiger partial charge in [0.2, 0.25) is 0 Å². The van der Waals surface area contributed by atoms with E-state index in [1.807, 2.05) is 0 Å². The van der Waals surface area contributed by atoms with Crippen molar-refractivity contribution in [1.29, 1.82) is 0 Å². The Morgan fingerprint density at radius 3 is 1.05 bits per heavy atom. The maximum absolute atomic E-state index is 12.9. The van der Waals surface area contributed by atoms with Gasteiger partial charge in [-0.15, -0.1) is 0 Å². The molecule has 0 saturated heterocycles. The molecule has 0 aromatic rings. The first kappa shape index (κ1) is 72.7. The Morgan fingerprint density at radius 1 is 0.382 bits per heavy atom. The van der Waals surface area contributed by atoms with Crippen molar-refractivity contribution < 1.29 is 52.2 Å². The zero-order valence-electron chi connectivity index (χ0n) is 48.5. The predicted molar refractivity (Wildman–Crippen MR) is 316 cm³/mol. The molecule has 0 aliphatic rings. The molecule has 0 aromatic heterocycles. The second kappa shape index (κ2) is 57.8. The molecule has 0 spiro atoms. The summed E-state index contributed by atoms with van der Waals surface area (Å²) in [6, 6.07) is 0. The van der Waals surface area contributed by atoms with E-state index in [9.17, 15) is 28.9 Å². The molecule has 0 radical (unpaired) electrons. The van der Waals surface area contributed by atoms with Crippen LogP contribution in [0.4, 0.5) is 0 Å². The second-order valence-corrected chi connectivity index (χ2v) is 21.6. The fourth-order valence-corrected chi connectivity index (χ4v) is 8.92. The Kier molecular flexibility index (Phi) is 55.3. The maximum atomic E-state index is 12.9. The highest BCUT2D eigenvalue weighted by molar-refractivity contribution is 7.47. The molecule has 0 heterocycles. The molecule has 0 fully saturated rings. The van der Waals surface area contributed by atoms with Crippen molar-refractivity contribution >= 4 is 25.7 Å². The van der Waals surface area contributed by atoms with Gasteiger partial charge in [-0.05, 0) is 116 Å². The molecule has 11 nitrogen and oxygen atoms in total. The third-order valence-corrected chi connectivity index (χ3v) is 13.7. The Balaban J connectivity index is 4.73. The number of ether oxygens (including phenoxy) is 3. The van der Waals surface area contributed by atoms with Gasteiger partial charge in [0.15, 0.2) is 6.10 Å². The number of allylic oxidation sites excluding steroid dienone is 14. The number of hydrogen-bond acceptors (Lipinski definition) is 10. The number of carbonyl (C=O) groups is 3. The van der Waals surface area contributed by atoms with Crippen LogP contribution in [-0.4, -0.2) is 66.5 Å². The minimum Gasteiger partial charge on any atom is -0.462 e. The SMILES string of the molecule is CC/C=C\C/C=C\C/C=C\CCCCCCCC(=O)OC(COC(=O)CCCCCCCCCCC/C=C\C/C=C\CCCCC)COP(=O)(O)OCC(CO)OC(=O)CCCCCCC/C=C\C/C=C\CCCCC. The smallest absolute Gasteiger partial charge is 0.462 e. The minimum absolute atomic E-state index is 0.144. The molecule has 0 amide bonds.